The van der Waals surface area contributed by atoms with Crippen molar-refractivity contribution in [2.45, 2.75) is 6.29 Å². The van der Waals surface area contributed by atoms with Crippen LogP contribution in [-0.4, -0.2) is 27.6 Å². The predicted molar refractivity (Wildman–Crippen MR) is 31.2 cm³/mol. The van der Waals surface area contributed by atoms with Crippen LogP contribution in [0.25, 0.3) is 0 Å². The van der Waals surface area contributed by atoms with Gasteiger partial charge in [0.1, 0.15) is 0 Å². The molecule has 9 heteroatoms. The highest BCUT2D eigenvalue weighted by Gasteiger charge is 2.39. The maximum Gasteiger partial charge on any atom is 0.435 e. The lowest BCUT2D eigenvalue weighted by molar-refractivity contribution is -0.707. The standard InChI is InChI=1S/C2H3N5O4/c8-6(9)2-4-3-1-5(2)7(10)11/h1-2,4H. The zero-order valence-electron chi connectivity index (χ0n) is 5.08. The fourth-order valence-corrected chi connectivity index (χ4v) is 0.557. The van der Waals surface area contributed by atoms with Gasteiger partial charge in [0, 0.05) is 5.01 Å². The van der Waals surface area contributed by atoms with E-state index in [2.05, 4.69) is 5.10 Å². The minimum Gasteiger partial charge on any atom is -0.260 e. The smallest absolute Gasteiger partial charge is 0.260 e. The number of nitrogens with zero attached hydrogens (tertiary/aromatic N) is 4. The summed E-state index contributed by atoms with van der Waals surface area (Å²) in [5, 5.41) is 22.5. The van der Waals surface area contributed by atoms with Crippen LogP contribution in [0.15, 0.2) is 5.10 Å². The van der Waals surface area contributed by atoms with Crippen LogP contribution in [0.3, 0.4) is 0 Å². The highest BCUT2D eigenvalue weighted by Crippen LogP contribution is 1.99. The van der Waals surface area contributed by atoms with Gasteiger partial charge in [0.25, 0.3) is 0 Å². The Balaban J connectivity index is 2.71. The molecule has 1 atom stereocenters. The van der Waals surface area contributed by atoms with E-state index >= 15 is 0 Å². The third kappa shape index (κ3) is 1.15. The lowest BCUT2D eigenvalue weighted by atomic mass is 10.8. The number of hydrazone groups is 1. The first-order valence-electron chi connectivity index (χ1n) is 2.48. The van der Waals surface area contributed by atoms with Gasteiger partial charge in [-0.1, -0.05) is 0 Å². The lowest BCUT2D eigenvalue weighted by Crippen LogP contribution is -2.46. The summed E-state index contributed by atoms with van der Waals surface area (Å²) in [7, 11) is 0. The zero-order valence-corrected chi connectivity index (χ0v) is 5.08. The molecule has 1 aliphatic rings. The molecule has 0 saturated carbocycles. The summed E-state index contributed by atoms with van der Waals surface area (Å²) in [4.78, 5) is 19.2. The molecule has 0 aromatic rings. The van der Waals surface area contributed by atoms with Gasteiger partial charge < -0.3 is 0 Å². The van der Waals surface area contributed by atoms with Crippen LogP contribution in [0.5, 0.6) is 0 Å². The van der Waals surface area contributed by atoms with Crippen molar-refractivity contribution in [2.75, 3.05) is 0 Å². The van der Waals surface area contributed by atoms with Crippen LogP contribution >= 0.6 is 0 Å². The van der Waals surface area contributed by atoms with Crippen LogP contribution in [0.4, 0.5) is 0 Å². The maximum atomic E-state index is 10.0. The Labute approximate surface area is 59.5 Å². The molecule has 9 nitrogen and oxygen atoms in total. The number of hydrazine groups is 1. The SMILES string of the molecule is O=[N+]([O-])C1NN=CN1[N+](=O)[O-]. The number of rotatable bonds is 2. The molecule has 0 radical (unpaired) electrons. The summed E-state index contributed by atoms with van der Waals surface area (Å²) in [5.74, 6) is 0. The van der Waals surface area contributed by atoms with E-state index < -0.39 is 16.2 Å². The number of hydrogen-bond donors (Lipinski definition) is 1. The molecule has 60 valence electrons. The third-order valence-corrected chi connectivity index (χ3v) is 1.00. The van der Waals surface area contributed by atoms with E-state index in [1.54, 1.807) is 0 Å². The molecule has 1 heterocycles. The summed E-state index contributed by atoms with van der Waals surface area (Å²) in [6, 6.07) is 0. The van der Waals surface area contributed by atoms with Gasteiger partial charge in [-0.25, -0.2) is 15.5 Å². The lowest BCUT2D eigenvalue weighted by Gasteiger charge is -2.05. The fraction of sp³-hybridized carbons (Fsp3) is 0.500. The van der Waals surface area contributed by atoms with Gasteiger partial charge in [0.15, 0.2) is 11.4 Å². The van der Waals surface area contributed by atoms with Gasteiger partial charge in [0.05, 0.1) is 4.92 Å². The van der Waals surface area contributed by atoms with Gasteiger partial charge in [-0.05, 0) is 0 Å². The quantitative estimate of drug-likeness (QED) is 0.393. The van der Waals surface area contributed by atoms with Crippen LogP contribution < -0.4 is 5.43 Å². The van der Waals surface area contributed by atoms with Crippen molar-refractivity contribution in [3.05, 3.63) is 20.2 Å². The molecule has 1 N–H and O–H groups in total. The molecule has 0 aromatic carbocycles. The Morgan fingerprint density at radius 3 is 2.55 bits per heavy atom. The topological polar surface area (TPSA) is 114 Å². The molecule has 1 rings (SSSR count). The predicted octanol–water partition coefficient (Wildman–Crippen LogP) is -1.41. The van der Waals surface area contributed by atoms with Crippen molar-refractivity contribution in [3.8, 4) is 0 Å². The average molecular weight is 161 g/mol. The normalized spacial score (nSPS) is 21.5. The first-order chi connectivity index (χ1) is 5.13. The summed E-state index contributed by atoms with van der Waals surface area (Å²) in [6.07, 6.45) is -0.849. The van der Waals surface area contributed by atoms with Gasteiger partial charge >= 0.3 is 6.29 Å². The number of nitro groups is 2. The van der Waals surface area contributed by atoms with Crippen molar-refractivity contribution >= 4 is 6.34 Å². The number of nitrogens with one attached hydrogen (secondary N) is 1. The van der Waals surface area contributed by atoms with E-state index in [0.717, 1.165) is 6.34 Å². The van der Waals surface area contributed by atoms with Crippen LogP contribution in [-0.2, 0) is 0 Å². The maximum absolute atomic E-state index is 10.0. The summed E-state index contributed by atoms with van der Waals surface area (Å²) in [6.45, 7) is 0. The monoisotopic (exact) mass is 161 g/mol. The highest BCUT2D eigenvalue weighted by atomic mass is 16.7. The summed E-state index contributed by atoms with van der Waals surface area (Å²) < 4.78 is 0. The molecule has 0 fully saturated rings. The molecule has 0 spiro atoms. The molecule has 0 aromatic heterocycles. The highest BCUT2D eigenvalue weighted by molar-refractivity contribution is 5.54. The Bertz CT molecular complexity index is 225. The second kappa shape index (κ2) is 2.36. The second-order valence-electron chi connectivity index (χ2n) is 1.65. The Morgan fingerprint density at radius 1 is 1.55 bits per heavy atom. The minimum absolute atomic E-state index is 0.264. The molecule has 1 aliphatic heterocycles. The van der Waals surface area contributed by atoms with Crippen LogP contribution in [0.2, 0.25) is 0 Å². The molecule has 11 heavy (non-hydrogen) atoms. The van der Waals surface area contributed by atoms with E-state index in [1.165, 1.54) is 0 Å². The molecular weight excluding hydrogens is 158 g/mol. The van der Waals surface area contributed by atoms with Gasteiger partial charge in [-0.2, -0.15) is 5.10 Å². The Hall–Kier alpha value is -1.93. The third-order valence-electron chi connectivity index (χ3n) is 1.00. The average Bonchev–Trinajstić information content (AvgIpc) is 2.32. The zero-order chi connectivity index (χ0) is 8.43. The van der Waals surface area contributed by atoms with Gasteiger partial charge in [-0.3, -0.25) is 10.1 Å². The van der Waals surface area contributed by atoms with Gasteiger partial charge in [0.2, 0.25) is 0 Å². The summed E-state index contributed by atoms with van der Waals surface area (Å²) in [5.41, 5.74) is 1.94. The first kappa shape index (κ1) is 7.18. The molecule has 0 saturated heterocycles. The van der Waals surface area contributed by atoms with Crippen molar-refractivity contribution in [3.63, 3.8) is 0 Å². The molecule has 0 aliphatic carbocycles. The fourth-order valence-electron chi connectivity index (χ4n) is 0.557. The van der Waals surface area contributed by atoms with E-state index in [0.29, 0.717) is 0 Å². The summed E-state index contributed by atoms with van der Waals surface area (Å²) >= 11 is 0. The van der Waals surface area contributed by atoms with E-state index in [-0.39, 0.29) is 5.01 Å². The van der Waals surface area contributed by atoms with Crippen molar-refractivity contribution < 1.29 is 9.96 Å². The van der Waals surface area contributed by atoms with Crippen LogP contribution in [0, 0.1) is 20.2 Å². The van der Waals surface area contributed by atoms with Crippen molar-refractivity contribution in [1.82, 2.24) is 10.4 Å². The van der Waals surface area contributed by atoms with Crippen LogP contribution in [0.1, 0.15) is 0 Å². The van der Waals surface area contributed by atoms with Gasteiger partial charge in [-0.15, -0.1) is 0 Å². The Morgan fingerprint density at radius 2 is 2.18 bits per heavy atom. The van der Waals surface area contributed by atoms with E-state index in [9.17, 15) is 20.2 Å². The molecular formula is C2H3N5O4. The second-order valence-corrected chi connectivity index (χ2v) is 1.65. The first-order valence-corrected chi connectivity index (χ1v) is 2.48. The van der Waals surface area contributed by atoms with Crippen molar-refractivity contribution in [1.29, 1.82) is 0 Å². The van der Waals surface area contributed by atoms with E-state index in [1.807, 2.05) is 5.43 Å². The molecule has 0 bridgehead atoms. The Kier molecular flexibility index (Phi) is 1.54. The molecule has 0 amide bonds. The minimum atomic E-state index is -1.59. The molecule has 1 unspecified atom stereocenters. The largest absolute Gasteiger partial charge is 0.435 e. The van der Waals surface area contributed by atoms with E-state index in [4.69, 9.17) is 0 Å². The van der Waals surface area contributed by atoms with Crippen molar-refractivity contribution in [2.24, 2.45) is 5.10 Å². The number of hydrogen-bond acceptors (Lipinski definition) is 6.